The molecule has 0 atom stereocenters. The normalized spacial score (nSPS) is 14.1. The SMILES string of the molecule is Cc1ccccc1Nc1nc(-c2cnc(N3CCCCC3)nc2C)cc(=O)[nH]1. The van der Waals surface area contributed by atoms with Gasteiger partial charge in [0.25, 0.3) is 5.56 Å². The van der Waals surface area contributed by atoms with Crippen LogP contribution in [0.2, 0.25) is 0 Å². The molecule has 7 nitrogen and oxygen atoms in total. The van der Waals surface area contributed by atoms with Crippen LogP contribution < -0.4 is 15.8 Å². The Hall–Kier alpha value is -3.22. The second-order valence-corrected chi connectivity index (χ2v) is 7.14. The lowest BCUT2D eigenvalue weighted by Crippen LogP contribution is -2.31. The number of hydrogen-bond acceptors (Lipinski definition) is 6. The summed E-state index contributed by atoms with van der Waals surface area (Å²) in [6, 6.07) is 9.34. The average Bonchev–Trinajstić information content (AvgIpc) is 2.70. The van der Waals surface area contributed by atoms with Crippen LogP contribution in [0.1, 0.15) is 30.5 Å². The fourth-order valence-electron chi connectivity index (χ4n) is 3.45. The first-order valence-electron chi connectivity index (χ1n) is 9.63. The van der Waals surface area contributed by atoms with Crippen molar-refractivity contribution in [2.45, 2.75) is 33.1 Å². The smallest absolute Gasteiger partial charge is 0.252 e. The summed E-state index contributed by atoms with van der Waals surface area (Å²) in [6.45, 7) is 5.92. The monoisotopic (exact) mass is 376 g/mol. The Morgan fingerprint density at radius 3 is 2.61 bits per heavy atom. The second kappa shape index (κ2) is 7.80. The van der Waals surface area contributed by atoms with Gasteiger partial charge < -0.3 is 10.2 Å². The molecule has 1 saturated heterocycles. The van der Waals surface area contributed by atoms with E-state index >= 15 is 0 Å². The summed E-state index contributed by atoms with van der Waals surface area (Å²) in [5.74, 6) is 1.15. The lowest BCUT2D eigenvalue weighted by atomic mass is 10.1. The quantitative estimate of drug-likeness (QED) is 0.724. The fraction of sp³-hybridized carbons (Fsp3) is 0.333. The van der Waals surface area contributed by atoms with Crippen LogP contribution in [0.4, 0.5) is 17.6 Å². The third-order valence-corrected chi connectivity index (χ3v) is 5.02. The van der Waals surface area contributed by atoms with Gasteiger partial charge in [-0.25, -0.2) is 15.0 Å². The molecule has 0 bridgehead atoms. The van der Waals surface area contributed by atoms with Gasteiger partial charge in [0, 0.05) is 36.6 Å². The van der Waals surface area contributed by atoms with Crippen molar-refractivity contribution < 1.29 is 0 Å². The second-order valence-electron chi connectivity index (χ2n) is 7.14. The Kier molecular flexibility index (Phi) is 5.06. The third kappa shape index (κ3) is 3.88. The minimum atomic E-state index is -0.222. The lowest BCUT2D eigenvalue weighted by Gasteiger charge is -2.26. The van der Waals surface area contributed by atoms with Gasteiger partial charge in [0.15, 0.2) is 0 Å². The fourth-order valence-corrected chi connectivity index (χ4v) is 3.45. The van der Waals surface area contributed by atoms with Crippen LogP contribution in [-0.4, -0.2) is 33.0 Å². The van der Waals surface area contributed by atoms with E-state index in [0.29, 0.717) is 11.6 Å². The Balaban J connectivity index is 1.64. The van der Waals surface area contributed by atoms with Gasteiger partial charge in [-0.15, -0.1) is 0 Å². The van der Waals surface area contributed by atoms with Crippen molar-refractivity contribution in [2.24, 2.45) is 0 Å². The summed E-state index contributed by atoms with van der Waals surface area (Å²) in [5.41, 5.74) is 3.88. The highest BCUT2D eigenvalue weighted by atomic mass is 16.1. The molecule has 28 heavy (non-hydrogen) atoms. The maximum absolute atomic E-state index is 12.2. The van der Waals surface area contributed by atoms with Gasteiger partial charge in [0.1, 0.15) is 0 Å². The number of aryl methyl sites for hydroxylation is 2. The Bertz CT molecular complexity index is 1040. The largest absolute Gasteiger partial charge is 0.341 e. The van der Waals surface area contributed by atoms with Gasteiger partial charge >= 0.3 is 0 Å². The number of nitrogens with zero attached hydrogens (tertiary/aromatic N) is 4. The Morgan fingerprint density at radius 2 is 1.86 bits per heavy atom. The van der Waals surface area contributed by atoms with E-state index in [2.05, 4.69) is 30.2 Å². The van der Waals surface area contributed by atoms with Crippen molar-refractivity contribution in [3.63, 3.8) is 0 Å². The van der Waals surface area contributed by atoms with E-state index in [4.69, 9.17) is 0 Å². The zero-order valence-corrected chi connectivity index (χ0v) is 16.2. The summed E-state index contributed by atoms with van der Waals surface area (Å²) in [7, 11) is 0. The molecule has 2 aromatic heterocycles. The highest BCUT2D eigenvalue weighted by Gasteiger charge is 2.16. The number of aromatic nitrogens is 4. The molecule has 1 aliphatic heterocycles. The maximum Gasteiger partial charge on any atom is 0.252 e. The molecular weight excluding hydrogens is 352 g/mol. The molecule has 144 valence electrons. The predicted octanol–water partition coefficient (Wildman–Crippen LogP) is 3.58. The molecule has 4 rings (SSSR count). The first-order chi connectivity index (χ1) is 13.6. The standard InChI is InChI=1S/C21H24N6O/c1-14-8-4-5-9-17(14)24-20-25-18(12-19(28)26-20)16-13-22-21(23-15(16)2)27-10-6-3-7-11-27/h4-5,8-9,12-13H,3,6-7,10-11H2,1-2H3,(H2,24,25,26,28). The van der Waals surface area contributed by atoms with Gasteiger partial charge in [-0.05, 0) is 44.7 Å². The molecular formula is C21H24N6O. The summed E-state index contributed by atoms with van der Waals surface area (Å²) < 4.78 is 0. The first kappa shape index (κ1) is 18.2. The van der Waals surface area contributed by atoms with Crippen molar-refractivity contribution in [3.05, 3.63) is 58.1 Å². The van der Waals surface area contributed by atoms with Crippen LogP contribution in [0.15, 0.2) is 41.3 Å². The molecule has 2 N–H and O–H groups in total. The van der Waals surface area contributed by atoms with E-state index in [0.717, 1.165) is 41.5 Å². The third-order valence-electron chi connectivity index (χ3n) is 5.02. The Labute approximate surface area is 163 Å². The molecule has 7 heteroatoms. The molecule has 0 unspecified atom stereocenters. The van der Waals surface area contributed by atoms with Crippen LogP contribution >= 0.6 is 0 Å². The highest BCUT2D eigenvalue weighted by Crippen LogP contribution is 2.24. The van der Waals surface area contributed by atoms with Gasteiger partial charge in [0.2, 0.25) is 11.9 Å². The van der Waals surface area contributed by atoms with Crippen LogP contribution in [-0.2, 0) is 0 Å². The molecule has 0 saturated carbocycles. The summed E-state index contributed by atoms with van der Waals surface area (Å²) in [5, 5.41) is 3.19. The summed E-state index contributed by atoms with van der Waals surface area (Å²) in [4.78, 5) is 31.0. The first-order valence-corrected chi connectivity index (χ1v) is 9.63. The van der Waals surface area contributed by atoms with Crippen molar-refractivity contribution in [1.29, 1.82) is 0 Å². The molecule has 1 fully saturated rings. The minimum Gasteiger partial charge on any atom is -0.341 e. The van der Waals surface area contributed by atoms with Gasteiger partial charge in [-0.3, -0.25) is 9.78 Å². The maximum atomic E-state index is 12.2. The summed E-state index contributed by atoms with van der Waals surface area (Å²) >= 11 is 0. The number of nitrogens with one attached hydrogen (secondary N) is 2. The van der Waals surface area contributed by atoms with Crippen molar-refractivity contribution in [2.75, 3.05) is 23.3 Å². The zero-order chi connectivity index (χ0) is 19.5. The molecule has 0 aliphatic carbocycles. The van der Waals surface area contributed by atoms with E-state index in [-0.39, 0.29) is 5.56 Å². The van der Waals surface area contributed by atoms with E-state index in [1.165, 1.54) is 25.3 Å². The van der Waals surface area contributed by atoms with E-state index in [1.807, 2.05) is 38.1 Å². The number of piperidine rings is 1. The minimum absolute atomic E-state index is 0.222. The van der Waals surface area contributed by atoms with Crippen LogP contribution in [0.5, 0.6) is 0 Å². The van der Waals surface area contributed by atoms with E-state index < -0.39 is 0 Å². The molecule has 1 aromatic carbocycles. The van der Waals surface area contributed by atoms with Gasteiger partial charge in [-0.1, -0.05) is 18.2 Å². The van der Waals surface area contributed by atoms with Crippen molar-refractivity contribution >= 4 is 17.6 Å². The number of hydrogen-bond donors (Lipinski definition) is 2. The highest BCUT2D eigenvalue weighted by molar-refractivity contribution is 5.64. The molecule has 1 aliphatic rings. The van der Waals surface area contributed by atoms with Crippen LogP contribution in [0.25, 0.3) is 11.3 Å². The Morgan fingerprint density at radius 1 is 1.07 bits per heavy atom. The molecule has 3 heterocycles. The molecule has 0 spiro atoms. The van der Waals surface area contributed by atoms with Gasteiger partial charge in [-0.2, -0.15) is 0 Å². The van der Waals surface area contributed by atoms with Crippen LogP contribution in [0.3, 0.4) is 0 Å². The van der Waals surface area contributed by atoms with Crippen molar-refractivity contribution in [3.8, 4) is 11.3 Å². The van der Waals surface area contributed by atoms with E-state index in [9.17, 15) is 4.79 Å². The molecule has 0 radical (unpaired) electrons. The van der Waals surface area contributed by atoms with Crippen molar-refractivity contribution in [1.82, 2.24) is 19.9 Å². The number of aromatic amines is 1. The average molecular weight is 376 g/mol. The number of anilines is 3. The topological polar surface area (TPSA) is 86.8 Å². The molecule has 0 amide bonds. The number of H-pyrrole nitrogens is 1. The van der Waals surface area contributed by atoms with Crippen LogP contribution in [0, 0.1) is 13.8 Å². The van der Waals surface area contributed by atoms with Gasteiger partial charge in [0.05, 0.1) is 11.4 Å². The molecule has 3 aromatic rings. The lowest BCUT2D eigenvalue weighted by molar-refractivity contribution is 0.568. The number of benzene rings is 1. The zero-order valence-electron chi connectivity index (χ0n) is 16.2. The predicted molar refractivity (Wildman–Crippen MR) is 111 cm³/mol. The van der Waals surface area contributed by atoms with E-state index in [1.54, 1.807) is 6.20 Å². The number of para-hydroxylation sites is 1. The summed E-state index contributed by atoms with van der Waals surface area (Å²) in [6.07, 6.45) is 5.38. The number of rotatable bonds is 4.